The first-order valence-corrected chi connectivity index (χ1v) is 9.12. The zero-order valence-electron chi connectivity index (χ0n) is 15.4. The van der Waals surface area contributed by atoms with Crippen LogP contribution in [0.1, 0.15) is 24.0 Å². The Kier molecular flexibility index (Phi) is 6.60. The Morgan fingerprint density at radius 3 is 2.89 bits per heavy atom. The summed E-state index contributed by atoms with van der Waals surface area (Å²) in [6.45, 7) is 1.68. The average Bonchev–Trinajstić information content (AvgIpc) is 3.19. The fourth-order valence-corrected chi connectivity index (χ4v) is 3.19. The lowest BCUT2D eigenvalue weighted by atomic mass is 10.1. The van der Waals surface area contributed by atoms with Crippen LogP contribution < -0.4 is 4.74 Å². The quantitative estimate of drug-likeness (QED) is 0.691. The SMILES string of the molecule is COc1ccccc1CN(CC1CCCO1)C(=O)/C=C/c1cccc(F)c1. The van der Waals surface area contributed by atoms with Gasteiger partial charge < -0.3 is 14.4 Å². The van der Waals surface area contributed by atoms with Gasteiger partial charge in [0, 0.05) is 31.3 Å². The van der Waals surface area contributed by atoms with Gasteiger partial charge >= 0.3 is 0 Å². The highest BCUT2D eigenvalue weighted by atomic mass is 19.1. The molecule has 2 aromatic rings. The van der Waals surface area contributed by atoms with Crippen molar-refractivity contribution in [3.63, 3.8) is 0 Å². The number of amides is 1. The van der Waals surface area contributed by atoms with E-state index in [2.05, 4.69) is 0 Å². The van der Waals surface area contributed by atoms with Gasteiger partial charge in [0.15, 0.2) is 0 Å². The van der Waals surface area contributed by atoms with E-state index in [0.29, 0.717) is 18.7 Å². The zero-order chi connectivity index (χ0) is 19.1. The molecule has 1 atom stereocenters. The van der Waals surface area contributed by atoms with Crippen LogP contribution in [-0.4, -0.2) is 37.2 Å². The monoisotopic (exact) mass is 369 g/mol. The molecule has 0 aromatic heterocycles. The highest BCUT2D eigenvalue weighted by molar-refractivity contribution is 5.91. The molecule has 27 heavy (non-hydrogen) atoms. The Morgan fingerprint density at radius 2 is 2.15 bits per heavy atom. The first-order chi connectivity index (χ1) is 13.2. The second-order valence-electron chi connectivity index (χ2n) is 6.55. The number of hydrogen-bond donors (Lipinski definition) is 0. The molecule has 3 rings (SSSR count). The number of carbonyl (C=O) groups is 1. The van der Waals surface area contributed by atoms with E-state index in [9.17, 15) is 9.18 Å². The number of ether oxygens (including phenoxy) is 2. The number of hydrogen-bond acceptors (Lipinski definition) is 3. The maximum Gasteiger partial charge on any atom is 0.246 e. The third kappa shape index (κ3) is 5.41. The highest BCUT2D eigenvalue weighted by Gasteiger charge is 2.22. The molecule has 1 unspecified atom stereocenters. The van der Waals surface area contributed by atoms with Gasteiger partial charge in [-0.25, -0.2) is 4.39 Å². The smallest absolute Gasteiger partial charge is 0.246 e. The number of benzene rings is 2. The van der Waals surface area contributed by atoms with Crippen LogP contribution in [0.25, 0.3) is 6.08 Å². The number of halogens is 1. The van der Waals surface area contributed by atoms with E-state index in [-0.39, 0.29) is 17.8 Å². The van der Waals surface area contributed by atoms with Crippen molar-refractivity contribution in [2.24, 2.45) is 0 Å². The molecule has 0 N–H and O–H groups in total. The molecule has 2 aromatic carbocycles. The summed E-state index contributed by atoms with van der Waals surface area (Å²) in [4.78, 5) is 14.6. The molecule has 0 aliphatic carbocycles. The maximum absolute atomic E-state index is 13.3. The Hall–Kier alpha value is -2.66. The van der Waals surface area contributed by atoms with E-state index in [1.54, 1.807) is 30.2 Å². The van der Waals surface area contributed by atoms with Crippen LogP contribution in [0.15, 0.2) is 54.6 Å². The summed E-state index contributed by atoms with van der Waals surface area (Å²) in [5.41, 5.74) is 1.59. The van der Waals surface area contributed by atoms with Gasteiger partial charge in [-0.1, -0.05) is 30.3 Å². The lowest BCUT2D eigenvalue weighted by Gasteiger charge is -2.25. The zero-order valence-corrected chi connectivity index (χ0v) is 15.4. The number of para-hydroxylation sites is 1. The van der Waals surface area contributed by atoms with Crippen molar-refractivity contribution >= 4 is 12.0 Å². The number of rotatable bonds is 7. The first kappa shape index (κ1) is 19.1. The molecule has 0 bridgehead atoms. The molecule has 5 heteroatoms. The summed E-state index contributed by atoms with van der Waals surface area (Å²) in [6.07, 6.45) is 5.13. The Morgan fingerprint density at radius 1 is 1.30 bits per heavy atom. The molecule has 0 radical (unpaired) electrons. The summed E-state index contributed by atoms with van der Waals surface area (Å²) >= 11 is 0. The fraction of sp³-hybridized carbons (Fsp3) is 0.318. The summed E-state index contributed by atoms with van der Waals surface area (Å²) in [5.74, 6) is 0.284. The van der Waals surface area contributed by atoms with Crippen LogP contribution in [0.4, 0.5) is 4.39 Å². The molecule has 1 amide bonds. The minimum absolute atomic E-state index is 0.0474. The van der Waals surface area contributed by atoms with Crippen molar-refractivity contribution < 1.29 is 18.7 Å². The molecule has 1 saturated heterocycles. The molecule has 142 valence electrons. The molecule has 1 fully saturated rings. The van der Waals surface area contributed by atoms with Crippen molar-refractivity contribution in [3.8, 4) is 5.75 Å². The van der Waals surface area contributed by atoms with Crippen LogP contribution >= 0.6 is 0 Å². The summed E-state index contributed by atoms with van der Waals surface area (Å²) in [5, 5.41) is 0. The molecule has 0 spiro atoms. The molecule has 0 saturated carbocycles. The molecule has 4 nitrogen and oxygen atoms in total. The van der Waals surface area contributed by atoms with Gasteiger partial charge in [0.1, 0.15) is 11.6 Å². The van der Waals surface area contributed by atoms with Gasteiger partial charge in [-0.3, -0.25) is 4.79 Å². The van der Waals surface area contributed by atoms with Gasteiger partial charge in [-0.2, -0.15) is 0 Å². The van der Waals surface area contributed by atoms with Crippen molar-refractivity contribution in [1.29, 1.82) is 0 Å². The topological polar surface area (TPSA) is 38.8 Å². The molecule has 1 aliphatic heterocycles. The standard InChI is InChI=1S/C22H24FNO3/c1-26-21-10-3-2-7-18(21)15-24(16-20-9-5-13-27-20)22(25)12-11-17-6-4-8-19(23)14-17/h2-4,6-8,10-12,14,20H,5,9,13,15-16H2,1H3/b12-11+. The predicted octanol–water partition coefficient (Wildman–Crippen LogP) is 4.06. The Balaban J connectivity index is 1.76. The van der Waals surface area contributed by atoms with Crippen LogP contribution in [0, 0.1) is 5.82 Å². The fourth-order valence-electron chi connectivity index (χ4n) is 3.19. The van der Waals surface area contributed by atoms with Gasteiger partial charge in [-0.15, -0.1) is 0 Å². The van der Waals surface area contributed by atoms with Crippen LogP contribution in [0.2, 0.25) is 0 Å². The maximum atomic E-state index is 13.3. The van der Waals surface area contributed by atoms with E-state index >= 15 is 0 Å². The average molecular weight is 369 g/mol. The second-order valence-corrected chi connectivity index (χ2v) is 6.55. The third-order valence-electron chi connectivity index (χ3n) is 4.58. The second kappa shape index (κ2) is 9.33. The van der Waals surface area contributed by atoms with Crippen LogP contribution in [0.3, 0.4) is 0 Å². The largest absolute Gasteiger partial charge is 0.496 e. The molecule has 1 aliphatic rings. The van der Waals surface area contributed by atoms with E-state index in [1.165, 1.54) is 18.2 Å². The van der Waals surface area contributed by atoms with Crippen LogP contribution in [-0.2, 0) is 16.1 Å². The minimum atomic E-state index is -0.324. The lowest BCUT2D eigenvalue weighted by molar-refractivity contribution is -0.128. The summed E-state index contributed by atoms with van der Waals surface area (Å²) in [6, 6.07) is 13.8. The normalized spacial score (nSPS) is 16.6. The lowest BCUT2D eigenvalue weighted by Crippen LogP contribution is -2.36. The molecular weight excluding hydrogens is 345 g/mol. The highest BCUT2D eigenvalue weighted by Crippen LogP contribution is 2.21. The van der Waals surface area contributed by atoms with E-state index < -0.39 is 0 Å². The van der Waals surface area contributed by atoms with E-state index in [0.717, 1.165) is 30.8 Å². The van der Waals surface area contributed by atoms with E-state index in [4.69, 9.17) is 9.47 Å². The molecule has 1 heterocycles. The van der Waals surface area contributed by atoms with E-state index in [1.807, 2.05) is 24.3 Å². The summed E-state index contributed by atoms with van der Waals surface area (Å²) < 4.78 is 24.4. The summed E-state index contributed by atoms with van der Waals surface area (Å²) in [7, 11) is 1.62. The molecular formula is C22H24FNO3. The van der Waals surface area contributed by atoms with Crippen molar-refractivity contribution in [1.82, 2.24) is 4.90 Å². The van der Waals surface area contributed by atoms with Crippen molar-refractivity contribution in [3.05, 3.63) is 71.6 Å². The first-order valence-electron chi connectivity index (χ1n) is 9.12. The van der Waals surface area contributed by atoms with Crippen molar-refractivity contribution in [2.45, 2.75) is 25.5 Å². The van der Waals surface area contributed by atoms with Gasteiger partial charge in [0.25, 0.3) is 0 Å². The number of methoxy groups -OCH3 is 1. The predicted molar refractivity (Wildman–Crippen MR) is 103 cm³/mol. The number of carbonyl (C=O) groups excluding carboxylic acids is 1. The van der Waals surface area contributed by atoms with Gasteiger partial charge in [0.2, 0.25) is 5.91 Å². The Labute approximate surface area is 159 Å². The Bertz CT molecular complexity index is 800. The van der Waals surface area contributed by atoms with Gasteiger partial charge in [0.05, 0.1) is 13.2 Å². The van der Waals surface area contributed by atoms with Gasteiger partial charge in [-0.05, 0) is 42.7 Å². The number of nitrogens with zero attached hydrogens (tertiary/aromatic N) is 1. The van der Waals surface area contributed by atoms with Crippen molar-refractivity contribution in [2.75, 3.05) is 20.3 Å². The van der Waals surface area contributed by atoms with Crippen LogP contribution in [0.5, 0.6) is 5.75 Å². The third-order valence-corrected chi connectivity index (χ3v) is 4.58. The minimum Gasteiger partial charge on any atom is -0.496 e.